The number of rotatable bonds is 9. The SMILES string of the molecule is C/C=C\C1CCC(CCc2ccc(C3(COCCC)C=CC=CC3)cc2)CC1. The van der Waals surface area contributed by atoms with Crippen LogP contribution in [0.2, 0.25) is 0 Å². The molecule has 1 heteroatoms. The molecule has 2 aliphatic rings. The summed E-state index contributed by atoms with van der Waals surface area (Å²) in [5, 5.41) is 0. The van der Waals surface area contributed by atoms with Crippen LogP contribution in [-0.2, 0) is 16.6 Å². The molecular weight excluding hydrogens is 340 g/mol. The average molecular weight is 379 g/mol. The Morgan fingerprint density at radius 2 is 1.86 bits per heavy atom. The molecule has 1 aromatic carbocycles. The molecule has 0 aliphatic heterocycles. The highest BCUT2D eigenvalue weighted by atomic mass is 16.5. The number of ether oxygens (including phenoxy) is 1. The van der Waals surface area contributed by atoms with Gasteiger partial charge in [0.25, 0.3) is 0 Å². The zero-order chi connectivity index (χ0) is 19.7. The van der Waals surface area contributed by atoms with Gasteiger partial charge in [0.05, 0.1) is 6.61 Å². The quantitative estimate of drug-likeness (QED) is 0.326. The molecule has 0 N–H and O–H groups in total. The van der Waals surface area contributed by atoms with Gasteiger partial charge in [0.15, 0.2) is 0 Å². The summed E-state index contributed by atoms with van der Waals surface area (Å²) in [5.41, 5.74) is 2.88. The molecule has 1 saturated carbocycles. The first kappa shape index (κ1) is 21.1. The van der Waals surface area contributed by atoms with Crippen molar-refractivity contribution in [3.8, 4) is 0 Å². The normalized spacial score (nSPS) is 27.5. The van der Waals surface area contributed by atoms with Crippen LogP contribution in [0.3, 0.4) is 0 Å². The van der Waals surface area contributed by atoms with Crippen LogP contribution in [0, 0.1) is 11.8 Å². The molecule has 0 aromatic heterocycles. The van der Waals surface area contributed by atoms with E-state index in [1.165, 1.54) is 49.7 Å². The maximum absolute atomic E-state index is 5.97. The average Bonchev–Trinajstić information content (AvgIpc) is 2.75. The Morgan fingerprint density at radius 3 is 2.50 bits per heavy atom. The van der Waals surface area contributed by atoms with Crippen molar-refractivity contribution in [2.45, 2.75) is 70.6 Å². The summed E-state index contributed by atoms with van der Waals surface area (Å²) in [6.45, 7) is 5.93. The first-order valence-electron chi connectivity index (χ1n) is 11.4. The molecule has 2 aliphatic carbocycles. The van der Waals surface area contributed by atoms with Crippen molar-refractivity contribution in [3.63, 3.8) is 0 Å². The van der Waals surface area contributed by atoms with Crippen LogP contribution in [-0.4, -0.2) is 13.2 Å². The van der Waals surface area contributed by atoms with Crippen molar-refractivity contribution in [1.29, 1.82) is 0 Å². The Labute approximate surface area is 172 Å². The lowest BCUT2D eigenvalue weighted by molar-refractivity contribution is 0.0990. The molecule has 1 fully saturated rings. The third kappa shape index (κ3) is 5.70. The van der Waals surface area contributed by atoms with Crippen molar-refractivity contribution in [1.82, 2.24) is 0 Å². The summed E-state index contributed by atoms with van der Waals surface area (Å²) in [5.74, 6) is 1.76. The summed E-state index contributed by atoms with van der Waals surface area (Å²) in [6.07, 6.45) is 23.8. The molecule has 3 rings (SSSR count). The topological polar surface area (TPSA) is 9.23 Å². The van der Waals surface area contributed by atoms with Gasteiger partial charge in [-0.3, -0.25) is 0 Å². The Bertz CT molecular complexity index is 658. The molecule has 0 amide bonds. The van der Waals surface area contributed by atoms with Gasteiger partial charge < -0.3 is 4.74 Å². The second kappa shape index (κ2) is 10.8. The van der Waals surface area contributed by atoms with Crippen molar-refractivity contribution in [2.75, 3.05) is 13.2 Å². The van der Waals surface area contributed by atoms with Gasteiger partial charge in [0.1, 0.15) is 0 Å². The van der Waals surface area contributed by atoms with Crippen LogP contribution in [0.5, 0.6) is 0 Å². The summed E-state index contributed by atoms with van der Waals surface area (Å²) in [7, 11) is 0. The second-order valence-corrected chi connectivity index (χ2v) is 8.74. The zero-order valence-electron chi connectivity index (χ0n) is 17.9. The van der Waals surface area contributed by atoms with Crippen LogP contribution in [0.25, 0.3) is 0 Å². The standard InChI is InChI=1S/C27H38O/c1-3-8-23-9-11-24(12-10-23)13-14-25-15-17-26(18-16-25)27(22-28-21-4-2)19-6-5-7-20-27/h3,5-8,15-19,23-24H,4,9-14,20-22H2,1-2H3/b8-3-. The van der Waals surface area contributed by atoms with Gasteiger partial charge in [0, 0.05) is 12.0 Å². The molecule has 1 nitrogen and oxygen atoms in total. The third-order valence-corrected chi connectivity index (χ3v) is 6.58. The third-order valence-electron chi connectivity index (χ3n) is 6.58. The highest BCUT2D eigenvalue weighted by Gasteiger charge is 2.29. The summed E-state index contributed by atoms with van der Waals surface area (Å²) < 4.78 is 5.97. The highest BCUT2D eigenvalue weighted by Crippen LogP contribution is 2.35. The minimum Gasteiger partial charge on any atom is -0.380 e. The van der Waals surface area contributed by atoms with Crippen LogP contribution in [0.4, 0.5) is 0 Å². The van der Waals surface area contributed by atoms with E-state index in [4.69, 9.17) is 4.74 Å². The molecule has 28 heavy (non-hydrogen) atoms. The zero-order valence-corrected chi connectivity index (χ0v) is 17.9. The van der Waals surface area contributed by atoms with Crippen molar-refractivity contribution < 1.29 is 4.74 Å². The van der Waals surface area contributed by atoms with E-state index in [2.05, 4.69) is 74.6 Å². The number of aryl methyl sites for hydroxylation is 1. The van der Waals surface area contributed by atoms with Crippen LogP contribution >= 0.6 is 0 Å². The maximum Gasteiger partial charge on any atom is 0.0600 e. The van der Waals surface area contributed by atoms with Gasteiger partial charge in [-0.25, -0.2) is 0 Å². The summed E-state index contributed by atoms with van der Waals surface area (Å²) in [4.78, 5) is 0. The van der Waals surface area contributed by atoms with Gasteiger partial charge in [-0.2, -0.15) is 0 Å². The lowest BCUT2D eigenvalue weighted by Crippen LogP contribution is -2.30. The monoisotopic (exact) mass is 378 g/mol. The summed E-state index contributed by atoms with van der Waals surface area (Å²) >= 11 is 0. The van der Waals surface area contributed by atoms with Crippen LogP contribution in [0.15, 0.2) is 60.7 Å². The van der Waals surface area contributed by atoms with Gasteiger partial charge in [-0.1, -0.05) is 67.6 Å². The fraction of sp³-hybridized carbons (Fsp3) is 0.556. The van der Waals surface area contributed by atoms with E-state index in [0.717, 1.165) is 37.9 Å². The summed E-state index contributed by atoms with van der Waals surface area (Å²) in [6, 6.07) is 9.40. The fourth-order valence-electron chi connectivity index (χ4n) is 4.78. The first-order chi connectivity index (χ1) is 13.8. The van der Waals surface area contributed by atoms with Gasteiger partial charge in [-0.05, 0) is 81.3 Å². The van der Waals surface area contributed by atoms with E-state index in [1.807, 2.05) is 0 Å². The smallest absolute Gasteiger partial charge is 0.0600 e. The predicted molar refractivity (Wildman–Crippen MR) is 121 cm³/mol. The van der Waals surface area contributed by atoms with Gasteiger partial charge >= 0.3 is 0 Å². The van der Waals surface area contributed by atoms with E-state index in [-0.39, 0.29) is 5.41 Å². The van der Waals surface area contributed by atoms with Crippen LogP contribution < -0.4 is 0 Å². The minimum absolute atomic E-state index is 0.00757. The molecular formula is C27H38O. The molecule has 1 aromatic rings. The lowest BCUT2D eigenvalue weighted by Gasteiger charge is -2.32. The Morgan fingerprint density at radius 1 is 1.07 bits per heavy atom. The van der Waals surface area contributed by atoms with E-state index in [0.29, 0.717) is 0 Å². The second-order valence-electron chi connectivity index (χ2n) is 8.74. The molecule has 0 bridgehead atoms. The Kier molecular flexibility index (Phi) is 8.15. The largest absolute Gasteiger partial charge is 0.380 e. The van der Waals surface area contributed by atoms with Crippen molar-refractivity contribution in [2.24, 2.45) is 11.8 Å². The first-order valence-corrected chi connectivity index (χ1v) is 11.4. The molecule has 0 radical (unpaired) electrons. The molecule has 0 heterocycles. The molecule has 1 atom stereocenters. The lowest BCUT2D eigenvalue weighted by atomic mass is 9.75. The number of hydrogen-bond acceptors (Lipinski definition) is 1. The van der Waals surface area contributed by atoms with Gasteiger partial charge in [0.2, 0.25) is 0 Å². The van der Waals surface area contributed by atoms with Crippen molar-refractivity contribution in [3.05, 3.63) is 71.8 Å². The molecule has 0 spiro atoms. The predicted octanol–water partition coefficient (Wildman–Crippen LogP) is 7.18. The molecule has 152 valence electrons. The van der Waals surface area contributed by atoms with Crippen molar-refractivity contribution >= 4 is 0 Å². The number of benzene rings is 1. The minimum atomic E-state index is 0.00757. The Hall–Kier alpha value is -1.60. The van der Waals surface area contributed by atoms with Crippen LogP contribution in [0.1, 0.15) is 69.9 Å². The number of hydrogen-bond donors (Lipinski definition) is 0. The molecule has 0 saturated heterocycles. The van der Waals surface area contributed by atoms with E-state index >= 15 is 0 Å². The highest BCUT2D eigenvalue weighted by molar-refractivity contribution is 5.37. The van der Waals surface area contributed by atoms with E-state index in [9.17, 15) is 0 Å². The van der Waals surface area contributed by atoms with E-state index in [1.54, 1.807) is 0 Å². The molecule has 1 unspecified atom stereocenters. The Balaban J connectivity index is 1.55. The van der Waals surface area contributed by atoms with E-state index < -0.39 is 0 Å². The number of allylic oxidation sites excluding steroid dienone is 5. The fourth-order valence-corrected chi connectivity index (χ4v) is 4.78. The maximum atomic E-state index is 5.97. The van der Waals surface area contributed by atoms with Gasteiger partial charge in [-0.15, -0.1) is 0 Å².